The van der Waals surface area contributed by atoms with Crippen LogP contribution < -0.4 is 10.2 Å². The average Bonchev–Trinajstić information content (AvgIpc) is 2.91. The normalized spacial score (nSPS) is 19.3. The molecule has 22 heavy (non-hydrogen) atoms. The van der Waals surface area contributed by atoms with Gasteiger partial charge in [0.1, 0.15) is 0 Å². The van der Waals surface area contributed by atoms with Crippen molar-refractivity contribution in [2.45, 2.75) is 25.8 Å². The number of pyridine rings is 1. The fourth-order valence-corrected chi connectivity index (χ4v) is 3.35. The first-order chi connectivity index (χ1) is 10.6. The molecule has 2 aliphatic heterocycles. The Morgan fingerprint density at radius 2 is 2.18 bits per heavy atom. The zero-order valence-electron chi connectivity index (χ0n) is 12.3. The zero-order valence-corrected chi connectivity index (χ0v) is 12.3. The Morgan fingerprint density at radius 3 is 3.00 bits per heavy atom. The minimum atomic E-state index is -2.46. The summed E-state index contributed by atoms with van der Waals surface area (Å²) in [5.74, 6) is 0.872. The molecule has 1 aromatic heterocycles. The number of hydrogen-bond acceptors (Lipinski definition) is 3. The second kappa shape index (κ2) is 4.93. The van der Waals surface area contributed by atoms with E-state index in [4.69, 9.17) is 4.98 Å². The summed E-state index contributed by atoms with van der Waals surface area (Å²) in [5, 5.41) is 3.46. The van der Waals surface area contributed by atoms with Gasteiger partial charge >= 0.3 is 0 Å². The first-order valence-corrected chi connectivity index (χ1v) is 7.53. The van der Waals surface area contributed by atoms with Crippen molar-refractivity contribution in [1.82, 2.24) is 4.98 Å². The summed E-state index contributed by atoms with van der Waals surface area (Å²) < 4.78 is 25.8. The third-order valence-corrected chi connectivity index (χ3v) is 4.47. The number of nitrogens with zero attached hydrogens (tertiary/aromatic N) is 2. The molecular formula is C17H17F2N3. The van der Waals surface area contributed by atoms with E-state index < -0.39 is 6.43 Å². The monoisotopic (exact) mass is 301 g/mol. The Morgan fingerprint density at radius 1 is 1.32 bits per heavy atom. The van der Waals surface area contributed by atoms with E-state index in [0.29, 0.717) is 6.04 Å². The van der Waals surface area contributed by atoms with E-state index in [9.17, 15) is 8.78 Å². The molecule has 3 nitrogen and oxygen atoms in total. The van der Waals surface area contributed by atoms with Gasteiger partial charge in [-0.15, -0.1) is 0 Å². The van der Waals surface area contributed by atoms with Crippen LogP contribution in [-0.4, -0.2) is 24.1 Å². The highest BCUT2D eigenvalue weighted by Gasteiger charge is 2.31. The summed E-state index contributed by atoms with van der Waals surface area (Å²) in [6.45, 7) is 4.06. The SMILES string of the molecule is Cc1cc2c(nc1-c1cccc(C(F)F)c1)N[C@H]1CCN2C1. The van der Waals surface area contributed by atoms with Crippen molar-refractivity contribution >= 4 is 11.5 Å². The van der Waals surface area contributed by atoms with Crippen LogP contribution in [0.5, 0.6) is 0 Å². The Hall–Kier alpha value is -2.17. The lowest BCUT2D eigenvalue weighted by Crippen LogP contribution is -2.32. The van der Waals surface area contributed by atoms with Gasteiger partial charge in [0.05, 0.1) is 11.4 Å². The number of aryl methyl sites for hydroxylation is 1. The topological polar surface area (TPSA) is 28.2 Å². The van der Waals surface area contributed by atoms with Crippen LogP contribution in [0.3, 0.4) is 0 Å². The lowest BCUT2D eigenvalue weighted by Gasteiger charge is -2.28. The van der Waals surface area contributed by atoms with Crippen molar-refractivity contribution in [1.29, 1.82) is 0 Å². The first-order valence-electron chi connectivity index (χ1n) is 7.53. The summed E-state index contributed by atoms with van der Waals surface area (Å²) in [7, 11) is 0. The molecule has 1 saturated heterocycles. The summed E-state index contributed by atoms with van der Waals surface area (Å²) in [6.07, 6.45) is -1.34. The van der Waals surface area contributed by atoms with Crippen molar-refractivity contribution in [2.24, 2.45) is 0 Å². The van der Waals surface area contributed by atoms with Gasteiger partial charge in [-0.3, -0.25) is 0 Å². The predicted molar refractivity (Wildman–Crippen MR) is 83.6 cm³/mol. The van der Waals surface area contributed by atoms with Gasteiger partial charge in [-0.25, -0.2) is 13.8 Å². The second-order valence-electron chi connectivity index (χ2n) is 6.02. The Kier molecular flexibility index (Phi) is 3.03. The van der Waals surface area contributed by atoms with Gasteiger partial charge in [-0.2, -0.15) is 0 Å². The molecule has 0 amide bonds. The molecule has 2 bridgehead atoms. The van der Waals surface area contributed by atoms with Gasteiger partial charge in [0.25, 0.3) is 6.43 Å². The smallest absolute Gasteiger partial charge is 0.263 e. The van der Waals surface area contributed by atoms with E-state index in [1.54, 1.807) is 6.07 Å². The molecule has 114 valence electrons. The van der Waals surface area contributed by atoms with Gasteiger partial charge in [-0.1, -0.05) is 18.2 Å². The van der Waals surface area contributed by atoms with Crippen molar-refractivity contribution in [2.75, 3.05) is 23.3 Å². The third kappa shape index (κ3) is 2.12. The maximum Gasteiger partial charge on any atom is 0.263 e. The number of anilines is 2. The fraction of sp³-hybridized carbons (Fsp3) is 0.353. The largest absolute Gasteiger partial charge is 0.366 e. The maximum atomic E-state index is 12.9. The number of halogens is 2. The predicted octanol–water partition coefficient (Wildman–Crippen LogP) is 4.00. The number of hydrogen-bond donors (Lipinski definition) is 1. The first kappa shape index (κ1) is 13.5. The van der Waals surface area contributed by atoms with Crippen molar-refractivity contribution < 1.29 is 8.78 Å². The molecular weight excluding hydrogens is 284 g/mol. The molecule has 3 heterocycles. The highest BCUT2D eigenvalue weighted by Crippen LogP contribution is 2.38. The zero-order chi connectivity index (χ0) is 15.3. The number of rotatable bonds is 2. The van der Waals surface area contributed by atoms with E-state index >= 15 is 0 Å². The summed E-state index contributed by atoms with van der Waals surface area (Å²) in [5.41, 5.74) is 3.69. The molecule has 0 spiro atoms. The summed E-state index contributed by atoms with van der Waals surface area (Å²) in [4.78, 5) is 7.07. The van der Waals surface area contributed by atoms with Crippen molar-refractivity contribution in [3.05, 3.63) is 41.5 Å². The standard InChI is InChI=1S/C17H17F2N3/c1-10-7-14-17(20-13-5-6-22(14)9-13)21-15(10)11-3-2-4-12(8-11)16(18)19/h2-4,7-8,13,16H,5-6,9H2,1H3,(H,20,21)/t13-/m0/s1. The fourth-order valence-electron chi connectivity index (χ4n) is 3.35. The molecule has 1 atom stereocenters. The van der Waals surface area contributed by atoms with E-state index in [0.717, 1.165) is 47.8 Å². The van der Waals surface area contributed by atoms with Crippen LogP contribution in [0.4, 0.5) is 20.3 Å². The van der Waals surface area contributed by atoms with Gasteiger partial charge in [0.2, 0.25) is 0 Å². The van der Waals surface area contributed by atoms with Crippen molar-refractivity contribution in [3.8, 4) is 11.3 Å². The maximum absolute atomic E-state index is 12.9. The number of fused-ring (bicyclic) bond motifs is 4. The van der Waals surface area contributed by atoms with Gasteiger partial charge in [-0.05, 0) is 31.0 Å². The Bertz CT molecular complexity index is 730. The highest BCUT2D eigenvalue weighted by atomic mass is 19.3. The molecule has 0 saturated carbocycles. The minimum Gasteiger partial charge on any atom is -0.366 e. The van der Waals surface area contributed by atoms with E-state index in [1.165, 1.54) is 12.1 Å². The lowest BCUT2D eigenvalue weighted by molar-refractivity contribution is 0.151. The van der Waals surface area contributed by atoms with Crippen LogP contribution >= 0.6 is 0 Å². The van der Waals surface area contributed by atoms with Gasteiger partial charge in [0.15, 0.2) is 5.82 Å². The van der Waals surface area contributed by atoms with Crippen LogP contribution in [0.2, 0.25) is 0 Å². The van der Waals surface area contributed by atoms with E-state index in [2.05, 4.69) is 16.3 Å². The number of nitrogens with one attached hydrogen (secondary N) is 1. The minimum absolute atomic E-state index is 0.0354. The van der Waals surface area contributed by atoms with Crippen LogP contribution in [0, 0.1) is 6.92 Å². The van der Waals surface area contributed by atoms with Crippen LogP contribution in [0.25, 0.3) is 11.3 Å². The molecule has 2 aromatic rings. The third-order valence-electron chi connectivity index (χ3n) is 4.47. The highest BCUT2D eigenvalue weighted by molar-refractivity contribution is 5.77. The molecule has 1 N–H and O–H groups in total. The van der Waals surface area contributed by atoms with E-state index in [-0.39, 0.29) is 5.56 Å². The Labute approximate surface area is 128 Å². The van der Waals surface area contributed by atoms with Crippen LogP contribution in [0.15, 0.2) is 30.3 Å². The molecule has 4 rings (SSSR count). The van der Waals surface area contributed by atoms with Gasteiger partial charge < -0.3 is 10.2 Å². The number of aromatic nitrogens is 1. The molecule has 5 heteroatoms. The molecule has 2 aliphatic rings. The Balaban J connectivity index is 1.80. The van der Waals surface area contributed by atoms with Gasteiger partial charge in [0, 0.05) is 30.3 Å². The van der Waals surface area contributed by atoms with E-state index in [1.807, 2.05) is 13.0 Å². The molecule has 0 unspecified atom stereocenters. The quantitative estimate of drug-likeness (QED) is 0.909. The van der Waals surface area contributed by atoms with Crippen LogP contribution in [0.1, 0.15) is 24.0 Å². The summed E-state index contributed by atoms with van der Waals surface area (Å²) in [6, 6.07) is 9.05. The van der Waals surface area contributed by atoms with Crippen LogP contribution in [-0.2, 0) is 0 Å². The molecule has 0 radical (unpaired) electrons. The lowest BCUT2D eigenvalue weighted by atomic mass is 10.0. The molecule has 1 aromatic carbocycles. The molecule has 1 fully saturated rings. The number of alkyl halides is 2. The average molecular weight is 301 g/mol. The summed E-state index contributed by atoms with van der Waals surface area (Å²) >= 11 is 0. The van der Waals surface area contributed by atoms with Crippen molar-refractivity contribution in [3.63, 3.8) is 0 Å². The molecule has 0 aliphatic carbocycles. The second-order valence-corrected chi connectivity index (χ2v) is 6.02. The number of benzene rings is 1.